The first-order valence-electron chi connectivity index (χ1n) is 10.4. The van der Waals surface area contributed by atoms with Gasteiger partial charge in [0, 0.05) is 25.2 Å². The summed E-state index contributed by atoms with van der Waals surface area (Å²) in [5.41, 5.74) is 0. The van der Waals surface area contributed by atoms with Crippen LogP contribution in [0, 0.1) is 11.8 Å². The van der Waals surface area contributed by atoms with Gasteiger partial charge in [-0.2, -0.15) is 0 Å². The van der Waals surface area contributed by atoms with Crippen LogP contribution in [0.4, 0.5) is 0 Å². The van der Waals surface area contributed by atoms with E-state index in [1.54, 1.807) is 0 Å². The van der Waals surface area contributed by atoms with Crippen LogP contribution in [0.25, 0.3) is 0 Å². The number of fused-ring (bicyclic) bond motifs is 2. The van der Waals surface area contributed by atoms with E-state index in [2.05, 4.69) is 9.80 Å². The Labute approximate surface area is 156 Å². The van der Waals surface area contributed by atoms with Crippen LogP contribution in [0.15, 0.2) is 0 Å². The number of thioether (sulfide) groups is 1. The zero-order valence-electron chi connectivity index (χ0n) is 15.3. The summed E-state index contributed by atoms with van der Waals surface area (Å²) in [5, 5.41) is 0. The molecule has 2 saturated carbocycles. The third kappa shape index (κ3) is 3.72. The number of amides is 2. The highest BCUT2D eigenvalue weighted by atomic mass is 32.2. The second-order valence-electron chi connectivity index (χ2n) is 8.47. The Hall–Kier alpha value is -0.710. The normalized spacial score (nSPS) is 34.7. The molecule has 2 saturated heterocycles. The van der Waals surface area contributed by atoms with E-state index in [-0.39, 0.29) is 11.8 Å². The summed E-state index contributed by atoms with van der Waals surface area (Å²) >= 11 is 1.54. The second kappa shape index (κ2) is 7.89. The molecular weight excluding hydrogens is 332 g/mol. The van der Waals surface area contributed by atoms with E-state index in [9.17, 15) is 9.59 Å². The van der Waals surface area contributed by atoms with Crippen LogP contribution >= 0.6 is 11.8 Å². The Kier molecular flexibility index (Phi) is 5.59. The molecule has 4 aliphatic rings. The molecule has 5 heteroatoms. The summed E-state index contributed by atoms with van der Waals surface area (Å²) in [4.78, 5) is 29.5. The van der Waals surface area contributed by atoms with Gasteiger partial charge in [-0.15, -0.1) is 11.8 Å². The van der Waals surface area contributed by atoms with E-state index in [0.29, 0.717) is 23.6 Å². The molecule has 0 N–H and O–H groups in total. The molecule has 4 nitrogen and oxygen atoms in total. The average Bonchev–Trinajstić information content (AvgIpc) is 3.26. The minimum absolute atomic E-state index is 0.268. The summed E-state index contributed by atoms with van der Waals surface area (Å²) in [6.07, 6.45) is 12.6. The van der Waals surface area contributed by atoms with Crippen LogP contribution in [0.2, 0.25) is 0 Å². The van der Waals surface area contributed by atoms with Crippen LogP contribution in [0.5, 0.6) is 0 Å². The zero-order valence-corrected chi connectivity index (χ0v) is 16.1. The molecule has 2 aliphatic carbocycles. The molecule has 25 heavy (non-hydrogen) atoms. The lowest BCUT2D eigenvalue weighted by Crippen LogP contribution is -2.41. The predicted octanol–water partition coefficient (Wildman–Crippen LogP) is 3.30. The number of carbonyl (C=O) groups excluding carboxylic acids is 2. The van der Waals surface area contributed by atoms with Crippen molar-refractivity contribution < 1.29 is 9.59 Å². The first kappa shape index (κ1) is 17.7. The molecule has 140 valence electrons. The van der Waals surface area contributed by atoms with Crippen molar-refractivity contribution in [1.82, 2.24) is 9.80 Å². The molecule has 0 aromatic heterocycles. The fraction of sp³-hybridized carbons (Fsp3) is 0.900. The summed E-state index contributed by atoms with van der Waals surface area (Å²) in [6.45, 7) is 1.89. The number of rotatable bonds is 4. The van der Waals surface area contributed by atoms with Crippen molar-refractivity contribution in [3.05, 3.63) is 0 Å². The van der Waals surface area contributed by atoms with Crippen molar-refractivity contribution in [3.8, 4) is 0 Å². The minimum Gasteiger partial charge on any atom is -0.339 e. The molecule has 0 bridgehead atoms. The van der Waals surface area contributed by atoms with Gasteiger partial charge in [-0.1, -0.05) is 25.7 Å². The van der Waals surface area contributed by atoms with E-state index >= 15 is 0 Å². The smallest absolute Gasteiger partial charge is 0.232 e. The monoisotopic (exact) mass is 364 g/mol. The molecule has 0 aromatic carbocycles. The quantitative estimate of drug-likeness (QED) is 0.768. The fourth-order valence-corrected chi connectivity index (χ4v) is 6.61. The summed E-state index contributed by atoms with van der Waals surface area (Å²) in [7, 11) is 0. The molecule has 4 atom stereocenters. The van der Waals surface area contributed by atoms with Crippen LogP contribution < -0.4 is 0 Å². The number of nitrogens with zero attached hydrogens (tertiary/aromatic N) is 2. The molecule has 0 spiro atoms. The van der Waals surface area contributed by atoms with Gasteiger partial charge < -0.3 is 9.80 Å². The van der Waals surface area contributed by atoms with E-state index in [1.165, 1.54) is 76.0 Å². The van der Waals surface area contributed by atoms with E-state index in [0.717, 1.165) is 24.9 Å². The van der Waals surface area contributed by atoms with Crippen LogP contribution in [0.3, 0.4) is 0 Å². The maximum atomic E-state index is 12.6. The van der Waals surface area contributed by atoms with Gasteiger partial charge in [0.2, 0.25) is 11.8 Å². The average molecular weight is 365 g/mol. The third-order valence-electron chi connectivity index (χ3n) is 7.11. The number of carbonyl (C=O) groups is 2. The maximum Gasteiger partial charge on any atom is 0.232 e. The molecule has 0 radical (unpaired) electrons. The fourth-order valence-electron chi connectivity index (χ4n) is 5.82. The molecule has 2 heterocycles. The summed E-state index contributed by atoms with van der Waals surface area (Å²) in [6, 6.07) is 0.998. The standard InChI is InChI=1S/C20H32N2O2S/c23-19(21-11-9-15-5-1-3-7-17(15)21)13-25-14-20(24)22-12-10-16-6-2-4-8-18(16)22/h15-18H,1-14H2. The molecule has 4 unspecified atom stereocenters. The molecule has 4 fully saturated rings. The Morgan fingerprint density at radius 3 is 1.60 bits per heavy atom. The van der Waals surface area contributed by atoms with Gasteiger partial charge in [-0.25, -0.2) is 0 Å². The molecule has 2 amide bonds. The first-order valence-corrected chi connectivity index (χ1v) is 11.6. The van der Waals surface area contributed by atoms with Crippen molar-refractivity contribution in [2.45, 2.75) is 76.3 Å². The highest BCUT2D eigenvalue weighted by molar-refractivity contribution is 8.00. The maximum absolute atomic E-state index is 12.6. The minimum atomic E-state index is 0.268. The second-order valence-corrected chi connectivity index (χ2v) is 9.45. The van der Waals surface area contributed by atoms with Crippen molar-refractivity contribution in [3.63, 3.8) is 0 Å². The molecular formula is C20H32N2O2S. The van der Waals surface area contributed by atoms with Gasteiger partial charge in [0.25, 0.3) is 0 Å². The van der Waals surface area contributed by atoms with Crippen LogP contribution in [-0.2, 0) is 9.59 Å². The van der Waals surface area contributed by atoms with Crippen molar-refractivity contribution in [2.75, 3.05) is 24.6 Å². The highest BCUT2D eigenvalue weighted by Crippen LogP contribution is 2.37. The van der Waals surface area contributed by atoms with E-state index in [4.69, 9.17) is 0 Å². The number of hydrogen-bond acceptors (Lipinski definition) is 3. The topological polar surface area (TPSA) is 40.6 Å². The number of hydrogen-bond donors (Lipinski definition) is 0. The van der Waals surface area contributed by atoms with Gasteiger partial charge in [0.15, 0.2) is 0 Å². The third-order valence-corrected chi connectivity index (χ3v) is 8.01. The predicted molar refractivity (Wildman–Crippen MR) is 101 cm³/mol. The molecule has 0 aromatic rings. The van der Waals surface area contributed by atoms with E-state index in [1.807, 2.05) is 0 Å². The Bertz CT molecular complexity index is 468. The lowest BCUT2D eigenvalue weighted by molar-refractivity contribution is -0.130. The van der Waals surface area contributed by atoms with Crippen LogP contribution in [-0.4, -0.2) is 58.3 Å². The van der Waals surface area contributed by atoms with Crippen molar-refractivity contribution in [1.29, 1.82) is 0 Å². The SMILES string of the molecule is O=C(CSCC(=O)N1CCC2CCCCC21)N1CCC2CCCCC21. The largest absolute Gasteiger partial charge is 0.339 e. The van der Waals surface area contributed by atoms with Gasteiger partial charge in [-0.3, -0.25) is 9.59 Å². The van der Waals surface area contributed by atoms with Crippen molar-refractivity contribution >= 4 is 23.6 Å². The highest BCUT2D eigenvalue weighted by Gasteiger charge is 2.39. The number of likely N-dealkylation sites (tertiary alicyclic amines) is 2. The van der Waals surface area contributed by atoms with Crippen molar-refractivity contribution in [2.24, 2.45) is 11.8 Å². The Morgan fingerprint density at radius 1 is 0.680 bits per heavy atom. The zero-order chi connectivity index (χ0) is 17.2. The molecule has 2 aliphatic heterocycles. The van der Waals surface area contributed by atoms with Gasteiger partial charge >= 0.3 is 0 Å². The first-order chi connectivity index (χ1) is 12.2. The van der Waals surface area contributed by atoms with Gasteiger partial charge in [0.05, 0.1) is 11.5 Å². The summed E-state index contributed by atoms with van der Waals surface area (Å²) in [5.74, 6) is 3.00. The molecule has 4 rings (SSSR count). The Balaban J connectivity index is 1.22. The lowest BCUT2D eigenvalue weighted by atomic mass is 9.85. The van der Waals surface area contributed by atoms with Gasteiger partial charge in [0.1, 0.15) is 0 Å². The Morgan fingerprint density at radius 2 is 1.12 bits per heavy atom. The van der Waals surface area contributed by atoms with E-state index < -0.39 is 0 Å². The lowest BCUT2D eigenvalue weighted by Gasteiger charge is -2.32. The van der Waals surface area contributed by atoms with Crippen LogP contribution in [0.1, 0.15) is 64.2 Å². The summed E-state index contributed by atoms with van der Waals surface area (Å²) < 4.78 is 0. The van der Waals surface area contributed by atoms with Gasteiger partial charge in [-0.05, 0) is 50.4 Å².